The maximum Gasteiger partial charge on any atom is 0.00669 e. The number of hydrogen-bond acceptors (Lipinski definition) is 4. The molecule has 0 aliphatic heterocycles. The van der Waals surface area contributed by atoms with E-state index in [4.69, 9.17) is 5.73 Å². The number of rotatable bonds is 28. The van der Waals surface area contributed by atoms with Crippen molar-refractivity contribution in [3.8, 4) is 0 Å². The SMILES string of the molecule is CCCCCCCCCCCCCCC(CCC)NCCCNCCCCNCCCN. The first kappa shape index (κ1) is 31.8. The largest absolute Gasteiger partial charge is 0.330 e. The average Bonchev–Trinajstić information content (AvgIpc) is 2.80. The van der Waals surface area contributed by atoms with E-state index in [1.807, 2.05) is 0 Å². The van der Waals surface area contributed by atoms with Gasteiger partial charge in [-0.05, 0) is 77.8 Å². The molecule has 32 heavy (non-hydrogen) atoms. The van der Waals surface area contributed by atoms with Crippen LogP contribution in [0.15, 0.2) is 0 Å². The summed E-state index contributed by atoms with van der Waals surface area (Å²) >= 11 is 0. The summed E-state index contributed by atoms with van der Waals surface area (Å²) < 4.78 is 0. The van der Waals surface area contributed by atoms with Crippen molar-refractivity contribution in [3.05, 3.63) is 0 Å². The smallest absolute Gasteiger partial charge is 0.00669 e. The van der Waals surface area contributed by atoms with Crippen molar-refractivity contribution in [2.75, 3.05) is 39.3 Å². The molecule has 0 aliphatic rings. The van der Waals surface area contributed by atoms with Gasteiger partial charge < -0.3 is 21.7 Å². The van der Waals surface area contributed by atoms with E-state index in [1.165, 1.54) is 116 Å². The van der Waals surface area contributed by atoms with Gasteiger partial charge in [-0.3, -0.25) is 0 Å². The molecule has 194 valence electrons. The van der Waals surface area contributed by atoms with Crippen LogP contribution in [0, 0.1) is 0 Å². The molecule has 0 spiro atoms. The molecule has 0 rings (SSSR count). The summed E-state index contributed by atoms with van der Waals surface area (Å²) in [5, 5.41) is 10.9. The van der Waals surface area contributed by atoms with Crippen molar-refractivity contribution in [1.29, 1.82) is 0 Å². The van der Waals surface area contributed by atoms with Crippen LogP contribution in [0.3, 0.4) is 0 Å². The molecule has 0 fully saturated rings. The Hall–Kier alpha value is -0.160. The van der Waals surface area contributed by atoms with Gasteiger partial charge in [0.1, 0.15) is 0 Å². The molecule has 4 nitrogen and oxygen atoms in total. The zero-order valence-corrected chi connectivity index (χ0v) is 22.3. The van der Waals surface area contributed by atoms with Crippen molar-refractivity contribution >= 4 is 0 Å². The van der Waals surface area contributed by atoms with E-state index in [9.17, 15) is 0 Å². The van der Waals surface area contributed by atoms with E-state index in [1.54, 1.807) is 0 Å². The van der Waals surface area contributed by atoms with Gasteiger partial charge in [-0.15, -0.1) is 0 Å². The molecule has 0 saturated heterocycles. The average molecular weight is 455 g/mol. The van der Waals surface area contributed by atoms with E-state index in [-0.39, 0.29) is 0 Å². The summed E-state index contributed by atoms with van der Waals surface area (Å²) in [5.74, 6) is 0. The molecule has 0 radical (unpaired) electrons. The van der Waals surface area contributed by atoms with Crippen molar-refractivity contribution in [3.63, 3.8) is 0 Å². The van der Waals surface area contributed by atoms with Gasteiger partial charge in [-0.25, -0.2) is 0 Å². The summed E-state index contributed by atoms with van der Waals surface area (Å²) in [6, 6.07) is 0.739. The summed E-state index contributed by atoms with van der Waals surface area (Å²) in [5.41, 5.74) is 5.50. The Morgan fingerprint density at radius 2 is 0.969 bits per heavy atom. The fraction of sp³-hybridized carbons (Fsp3) is 1.00. The third kappa shape index (κ3) is 26.1. The second kappa shape index (κ2) is 28.9. The van der Waals surface area contributed by atoms with Crippen LogP contribution in [0.5, 0.6) is 0 Å². The zero-order valence-electron chi connectivity index (χ0n) is 22.3. The molecule has 0 aromatic rings. The molecule has 0 amide bonds. The van der Waals surface area contributed by atoms with Gasteiger partial charge >= 0.3 is 0 Å². The highest BCUT2D eigenvalue weighted by Crippen LogP contribution is 2.14. The zero-order chi connectivity index (χ0) is 23.4. The fourth-order valence-corrected chi connectivity index (χ4v) is 4.43. The van der Waals surface area contributed by atoms with Crippen LogP contribution < -0.4 is 21.7 Å². The first-order valence-electron chi connectivity index (χ1n) is 14.7. The first-order valence-corrected chi connectivity index (χ1v) is 14.7. The molecule has 1 unspecified atom stereocenters. The van der Waals surface area contributed by atoms with Crippen LogP contribution in [-0.2, 0) is 0 Å². The molecule has 0 saturated carbocycles. The van der Waals surface area contributed by atoms with Gasteiger partial charge in [0.05, 0.1) is 0 Å². The maximum atomic E-state index is 5.50. The van der Waals surface area contributed by atoms with Crippen LogP contribution in [0.1, 0.15) is 136 Å². The standard InChI is InChI=1S/C28H62N4/c1-3-5-6-7-8-9-10-11-12-13-14-15-21-28(20-4-2)32-27-19-26-31-24-17-16-23-30-25-18-22-29/h28,30-32H,3-27,29H2,1-2H3. The molecule has 0 aliphatic carbocycles. The van der Waals surface area contributed by atoms with Gasteiger partial charge in [-0.2, -0.15) is 0 Å². The number of nitrogens with two attached hydrogens (primary N) is 1. The fourth-order valence-electron chi connectivity index (χ4n) is 4.43. The molecule has 0 bridgehead atoms. The highest BCUT2D eigenvalue weighted by atomic mass is 14.9. The highest BCUT2D eigenvalue weighted by Gasteiger charge is 2.06. The van der Waals surface area contributed by atoms with E-state index in [0.29, 0.717) is 0 Å². The van der Waals surface area contributed by atoms with Crippen molar-refractivity contribution in [1.82, 2.24) is 16.0 Å². The first-order chi connectivity index (χ1) is 15.8. The second-order valence-corrected chi connectivity index (χ2v) is 9.82. The van der Waals surface area contributed by atoms with E-state index in [2.05, 4.69) is 29.8 Å². The van der Waals surface area contributed by atoms with Crippen LogP contribution >= 0.6 is 0 Å². The Bertz CT molecular complexity index is 297. The van der Waals surface area contributed by atoms with Gasteiger partial charge in [0.2, 0.25) is 0 Å². The lowest BCUT2D eigenvalue weighted by molar-refractivity contribution is 0.420. The monoisotopic (exact) mass is 454 g/mol. The molecule has 5 N–H and O–H groups in total. The van der Waals surface area contributed by atoms with Crippen LogP contribution in [0.25, 0.3) is 0 Å². The van der Waals surface area contributed by atoms with Crippen molar-refractivity contribution in [2.45, 2.75) is 142 Å². The normalized spacial score (nSPS) is 12.5. The quantitative estimate of drug-likeness (QED) is 0.101. The highest BCUT2D eigenvalue weighted by molar-refractivity contribution is 4.67. The Balaban J connectivity index is 3.39. The Labute approximate surface area is 203 Å². The van der Waals surface area contributed by atoms with Gasteiger partial charge in [0, 0.05) is 6.04 Å². The Morgan fingerprint density at radius 1 is 0.469 bits per heavy atom. The minimum atomic E-state index is 0.739. The minimum absolute atomic E-state index is 0.739. The van der Waals surface area contributed by atoms with Gasteiger partial charge in [-0.1, -0.05) is 97.3 Å². The van der Waals surface area contributed by atoms with E-state index >= 15 is 0 Å². The summed E-state index contributed by atoms with van der Waals surface area (Å²) in [6.45, 7) is 11.1. The van der Waals surface area contributed by atoms with E-state index in [0.717, 1.165) is 51.7 Å². The number of nitrogens with one attached hydrogen (secondary N) is 3. The predicted molar refractivity (Wildman–Crippen MR) is 146 cm³/mol. The summed E-state index contributed by atoms with van der Waals surface area (Å²) in [6.07, 6.45) is 26.2. The van der Waals surface area contributed by atoms with Crippen LogP contribution in [0.2, 0.25) is 0 Å². The minimum Gasteiger partial charge on any atom is -0.330 e. The molecule has 0 heterocycles. The van der Waals surface area contributed by atoms with Gasteiger partial charge in [0.25, 0.3) is 0 Å². The van der Waals surface area contributed by atoms with Crippen LogP contribution in [0.4, 0.5) is 0 Å². The lowest BCUT2D eigenvalue weighted by Gasteiger charge is -2.18. The topological polar surface area (TPSA) is 62.1 Å². The third-order valence-electron chi connectivity index (χ3n) is 6.52. The Kier molecular flexibility index (Phi) is 28.7. The summed E-state index contributed by atoms with van der Waals surface area (Å²) in [7, 11) is 0. The molecular formula is C28H62N4. The maximum absolute atomic E-state index is 5.50. The predicted octanol–water partition coefficient (Wildman–Crippen LogP) is 6.53. The lowest BCUT2D eigenvalue weighted by Crippen LogP contribution is -2.31. The van der Waals surface area contributed by atoms with Crippen molar-refractivity contribution < 1.29 is 0 Å². The second-order valence-electron chi connectivity index (χ2n) is 9.82. The Morgan fingerprint density at radius 3 is 1.50 bits per heavy atom. The van der Waals surface area contributed by atoms with Gasteiger partial charge in [0.15, 0.2) is 0 Å². The molecule has 0 aromatic heterocycles. The molecule has 0 aromatic carbocycles. The molecule has 4 heteroatoms. The number of hydrogen-bond donors (Lipinski definition) is 4. The van der Waals surface area contributed by atoms with Crippen molar-refractivity contribution in [2.24, 2.45) is 5.73 Å². The molecule has 1 atom stereocenters. The van der Waals surface area contributed by atoms with Crippen LogP contribution in [-0.4, -0.2) is 45.3 Å². The third-order valence-corrected chi connectivity index (χ3v) is 6.52. The molecular weight excluding hydrogens is 392 g/mol. The lowest BCUT2D eigenvalue weighted by atomic mass is 10.0. The summed E-state index contributed by atoms with van der Waals surface area (Å²) in [4.78, 5) is 0. The van der Waals surface area contributed by atoms with E-state index < -0.39 is 0 Å². The number of unbranched alkanes of at least 4 members (excludes halogenated alkanes) is 12.